The smallest absolute Gasteiger partial charge is 0.166 e. The van der Waals surface area contributed by atoms with Gasteiger partial charge in [-0.15, -0.1) is 0 Å². The molecular weight excluding hydrogens is 143 g/mol. The van der Waals surface area contributed by atoms with Gasteiger partial charge in [-0.3, -0.25) is 4.79 Å². The summed E-state index contributed by atoms with van der Waals surface area (Å²) < 4.78 is 12.9. The molecule has 1 aromatic carbocycles. The monoisotopic (exact) mass is 150 g/mol. The van der Waals surface area contributed by atoms with Crippen LogP contribution in [0.15, 0.2) is 24.3 Å². The van der Waals surface area contributed by atoms with Crippen molar-refractivity contribution < 1.29 is 9.18 Å². The Kier molecular flexibility index (Phi) is 1.28. The number of ketones is 1. The lowest BCUT2D eigenvalue weighted by atomic mass is 10.1. The topological polar surface area (TPSA) is 17.1 Å². The fourth-order valence-corrected chi connectivity index (χ4v) is 1.41. The average molecular weight is 150 g/mol. The molecule has 2 heteroatoms. The fraction of sp³-hybridized carbons (Fsp3) is 0.222. The van der Waals surface area contributed by atoms with E-state index in [1.54, 1.807) is 24.3 Å². The summed E-state index contributed by atoms with van der Waals surface area (Å²) in [4.78, 5) is 11.0. The van der Waals surface area contributed by atoms with Crippen LogP contribution in [0.5, 0.6) is 0 Å². The van der Waals surface area contributed by atoms with Gasteiger partial charge in [0.15, 0.2) is 5.78 Å². The van der Waals surface area contributed by atoms with Crippen molar-refractivity contribution in [2.45, 2.75) is 12.6 Å². The van der Waals surface area contributed by atoms with Gasteiger partial charge < -0.3 is 0 Å². The van der Waals surface area contributed by atoms with E-state index in [-0.39, 0.29) is 12.2 Å². The summed E-state index contributed by atoms with van der Waals surface area (Å²) in [5.41, 5.74) is 1.11. The van der Waals surface area contributed by atoms with E-state index in [1.807, 2.05) is 0 Å². The van der Waals surface area contributed by atoms with E-state index in [4.69, 9.17) is 0 Å². The lowest BCUT2D eigenvalue weighted by Gasteiger charge is -1.96. The van der Waals surface area contributed by atoms with Gasteiger partial charge >= 0.3 is 0 Å². The number of fused-ring (bicyclic) bond motifs is 1. The zero-order valence-corrected chi connectivity index (χ0v) is 5.88. The van der Waals surface area contributed by atoms with Crippen LogP contribution in [0.25, 0.3) is 0 Å². The highest BCUT2D eigenvalue weighted by atomic mass is 19.1. The Balaban J connectivity index is 2.60. The number of carbonyl (C=O) groups is 1. The molecule has 1 atom stereocenters. The van der Waals surface area contributed by atoms with Gasteiger partial charge in [0.25, 0.3) is 0 Å². The third-order valence-corrected chi connectivity index (χ3v) is 1.96. The number of halogens is 1. The van der Waals surface area contributed by atoms with Crippen molar-refractivity contribution in [1.29, 1.82) is 0 Å². The Bertz CT molecular complexity index is 306. The van der Waals surface area contributed by atoms with E-state index in [0.717, 1.165) is 0 Å². The van der Waals surface area contributed by atoms with Crippen molar-refractivity contribution in [2.24, 2.45) is 0 Å². The highest BCUT2D eigenvalue weighted by molar-refractivity contribution is 6.00. The van der Waals surface area contributed by atoms with Crippen LogP contribution in [0, 0.1) is 0 Å². The zero-order chi connectivity index (χ0) is 7.84. The van der Waals surface area contributed by atoms with E-state index in [9.17, 15) is 9.18 Å². The first kappa shape index (κ1) is 6.53. The van der Waals surface area contributed by atoms with E-state index in [1.165, 1.54) is 0 Å². The second-order valence-corrected chi connectivity index (χ2v) is 2.68. The van der Waals surface area contributed by atoms with Crippen LogP contribution in [0.4, 0.5) is 4.39 Å². The van der Waals surface area contributed by atoms with Crippen LogP contribution in [0.3, 0.4) is 0 Å². The molecule has 1 nitrogen and oxygen atoms in total. The third kappa shape index (κ3) is 0.862. The molecule has 0 bridgehead atoms. The Hall–Kier alpha value is -1.18. The molecule has 0 amide bonds. The zero-order valence-electron chi connectivity index (χ0n) is 5.88. The molecule has 0 spiro atoms. The molecule has 0 heterocycles. The maximum atomic E-state index is 12.9. The fourth-order valence-electron chi connectivity index (χ4n) is 1.41. The Morgan fingerprint density at radius 2 is 2.09 bits per heavy atom. The molecule has 0 radical (unpaired) electrons. The first-order valence-corrected chi connectivity index (χ1v) is 3.55. The van der Waals surface area contributed by atoms with Crippen LogP contribution in [-0.4, -0.2) is 5.78 Å². The van der Waals surface area contributed by atoms with Gasteiger partial charge in [0.1, 0.15) is 6.17 Å². The predicted octanol–water partition coefficient (Wildman–Crippen LogP) is 2.28. The molecule has 11 heavy (non-hydrogen) atoms. The lowest BCUT2D eigenvalue weighted by Crippen LogP contribution is -1.89. The molecule has 1 aliphatic rings. The molecule has 2 rings (SSSR count). The van der Waals surface area contributed by atoms with Crippen molar-refractivity contribution in [3.63, 3.8) is 0 Å². The summed E-state index contributed by atoms with van der Waals surface area (Å²) >= 11 is 0. The minimum atomic E-state index is -1.07. The van der Waals surface area contributed by atoms with E-state index in [2.05, 4.69) is 0 Å². The van der Waals surface area contributed by atoms with E-state index in [0.29, 0.717) is 11.1 Å². The number of carbonyl (C=O) groups excluding carboxylic acids is 1. The van der Waals surface area contributed by atoms with Crippen LogP contribution in [0.2, 0.25) is 0 Å². The van der Waals surface area contributed by atoms with Crippen molar-refractivity contribution in [3.05, 3.63) is 35.4 Å². The van der Waals surface area contributed by atoms with E-state index >= 15 is 0 Å². The van der Waals surface area contributed by atoms with Gasteiger partial charge in [0.2, 0.25) is 0 Å². The second kappa shape index (κ2) is 2.16. The first-order valence-electron chi connectivity index (χ1n) is 3.55. The predicted molar refractivity (Wildman–Crippen MR) is 39.2 cm³/mol. The van der Waals surface area contributed by atoms with Gasteiger partial charge in [0.05, 0.1) is 0 Å². The summed E-state index contributed by atoms with van der Waals surface area (Å²) in [7, 11) is 0. The number of hydrogen-bond donors (Lipinski definition) is 0. The van der Waals surface area contributed by atoms with Crippen molar-refractivity contribution >= 4 is 5.78 Å². The molecule has 1 aliphatic carbocycles. The van der Waals surface area contributed by atoms with Crippen LogP contribution >= 0.6 is 0 Å². The van der Waals surface area contributed by atoms with Gasteiger partial charge in [0, 0.05) is 12.0 Å². The van der Waals surface area contributed by atoms with E-state index < -0.39 is 6.17 Å². The molecule has 0 saturated carbocycles. The average Bonchev–Trinajstić information content (AvgIpc) is 2.30. The Labute approximate surface area is 63.8 Å². The van der Waals surface area contributed by atoms with Crippen LogP contribution < -0.4 is 0 Å². The summed E-state index contributed by atoms with van der Waals surface area (Å²) in [6, 6.07) is 6.86. The van der Waals surface area contributed by atoms with Gasteiger partial charge in [-0.1, -0.05) is 24.3 Å². The standard InChI is InChI=1S/C9H7FO/c10-8-5-9(11)7-4-2-1-3-6(7)8/h1-4,8H,5H2. The maximum absolute atomic E-state index is 12.9. The lowest BCUT2D eigenvalue weighted by molar-refractivity contribution is 0.0972. The minimum Gasteiger partial charge on any atom is -0.294 e. The molecule has 56 valence electrons. The van der Waals surface area contributed by atoms with Crippen molar-refractivity contribution in [1.82, 2.24) is 0 Å². The maximum Gasteiger partial charge on any atom is 0.166 e. The summed E-state index contributed by atoms with van der Waals surface area (Å²) in [5.74, 6) is -0.0758. The molecule has 0 aliphatic heterocycles. The minimum absolute atomic E-state index is 0.0271. The van der Waals surface area contributed by atoms with Gasteiger partial charge in [-0.05, 0) is 5.56 Å². The number of alkyl halides is 1. The summed E-state index contributed by atoms with van der Waals surface area (Å²) in [6.45, 7) is 0. The number of hydrogen-bond acceptors (Lipinski definition) is 1. The number of Topliss-reactive ketones (excluding diaryl/α,β-unsaturated/α-hetero) is 1. The molecule has 1 aromatic rings. The summed E-state index contributed by atoms with van der Waals surface area (Å²) in [5, 5.41) is 0. The molecule has 0 N–H and O–H groups in total. The SMILES string of the molecule is O=C1CC(F)c2ccccc21. The Morgan fingerprint density at radius 3 is 2.82 bits per heavy atom. The molecule has 0 fully saturated rings. The van der Waals surface area contributed by atoms with Crippen LogP contribution in [-0.2, 0) is 0 Å². The van der Waals surface area contributed by atoms with Gasteiger partial charge in [-0.25, -0.2) is 4.39 Å². The highest BCUT2D eigenvalue weighted by Crippen LogP contribution is 2.33. The highest BCUT2D eigenvalue weighted by Gasteiger charge is 2.27. The Morgan fingerprint density at radius 1 is 1.36 bits per heavy atom. The quantitative estimate of drug-likeness (QED) is 0.554. The second-order valence-electron chi connectivity index (χ2n) is 2.68. The summed E-state index contributed by atoms with van der Waals surface area (Å²) in [6.07, 6.45) is -1.04. The number of benzene rings is 1. The van der Waals surface area contributed by atoms with Crippen molar-refractivity contribution in [3.8, 4) is 0 Å². The molecule has 0 saturated heterocycles. The normalized spacial score (nSPS) is 21.9. The largest absolute Gasteiger partial charge is 0.294 e. The first-order chi connectivity index (χ1) is 5.29. The molecule has 0 aromatic heterocycles. The number of rotatable bonds is 0. The van der Waals surface area contributed by atoms with Gasteiger partial charge in [-0.2, -0.15) is 0 Å². The molecular formula is C9H7FO. The molecule has 1 unspecified atom stereocenters. The third-order valence-electron chi connectivity index (χ3n) is 1.96. The van der Waals surface area contributed by atoms with Crippen molar-refractivity contribution in [2.75, 3.05) is 0 Å². The van der Waals surface area contributed by atoms with Crippen LogP contribution in [0.1, 0.15) is 28.5 Å².